The summed E-state index contributed by atoms with van der Waals surface area (Å²) in [6.45, 7) is 5.10. The molecular formula is C10H16K2O4. The fourth-order valence-electron chi connectivity index (χ4n) is 2.32. The Morgan fingerprint density at radius 1 is 1.12 bits per heavy atom. The van der Waals surface area contributed by atoms with E-state index < -0.39 is 28.7 Å². The molecule has 1 aliphatic rings. The van der Waals surface area contributed by atoms with Gasteiger partial charge in [0, 0.05) is 103 Å². The Kier molecular flexibility index (Phi) is 9.13. The molecule has 0 amide bonds. The van der Waals surface area contributed by atoms with Crippen LogP contribution in [0.3, 0.4) is 0 Å². The molecule has 6 heteroatoms. The number of hydrogen-bond donors (Lipinski definition) is 2. The second-order valence-electron chi connectivity index (χ2n) is 4.79. The second-order valence-corrected chi connectivity index (χ2v) is 4.79. The summed E-state index contributed by atoms with van der Waals surface area (Å²) in [5.74, 6) is -2.34. The topological polar surface area (TPSA) is 74.6 Å². The third kappa shape index (κ3) is 3.40. The molecule has 2 atom stereocenters. The first-order valence-corrected chi connectivity index (χ1v) is 4.69. The zero-order valence-electron chi connectivity index (χ0n) is 10.7. The van der Waals surface area contributed by atoms with Crippen LogP contribution >= 0.6 is 0 Å². The molecule has 0 heterocycles. The number of carboxylic acid groups (broad SMARTS) is 2. The van der Waals surface area contributed by atoms with Crippen LogP contribution in [0.1, 0.15) is 33.6 Å². The van der Waals surface area contributed by atoms with Gasteiger partial charge in [0.15, 0.2) is 0 Å². The minimum atomic E-state index is -0.921. The maximum atomic E-state index is 11.1. The van der Waals surface area contributed by atoms with Gasteiger partial charge in [0.05, 0.1) is 11.3 Å². The number of carboxylic acids is 2. The molecule has 1 rings (SSSR count). The first kappa shape index (κ1) is 20.5. The van der Waals surface area contributed by atoms with Gasteiger partial charge < -0.3 is 10.2 Å². The smallest absolute Gasteiger partial charge is 0.309 e. The SMILES string of the molecule is CC1(C)[C@H](C(=O)O)CC[C@]1(C)C(=O)O.[K].[K]. The average molecular weight is 278 g/mol. The summed E-state index contributed by atoms with van der Waals surface area (Å²) >= 11 is 0. The Bertz CT molecular complexity index is 291. The molecule has 0 bridgehead atoms. The summed E-state index contributed by atoms with van der Waals surface area (Å²) in [7, 11) is 0. The molecule has 82 valence electrons. The van der Waals surface area contributed by atoms with Gasteiger partial charge in [0.1, 0.15) is 0 Å². The van der Waals surface area contributed by atoms with Crippen molar-refractivity contribution in [3.05, 3.63) is 0 Å². The number of hydrogen-bond acceptors (Lipinski definition) is 2. The number of carbonyl (C=O) groups is 2. The summed E-state index contributed by atoms with van der Waals surface area (Å²) < 4.78 is 0. The Morgan fingerprint density at radius 2 is 1.56 bits per heavy atom. The molecule has 0 saturated heterocycles. The van der Waals surface area contributed by atoms with Gasteiger partial charge in [-0.05, 0) is 25.2 Å². The van der Waals surface area contributed by atoms with Crippen molar-refractivity contribution in [2.24, 2.45) is 16.7 Å². The molecule has 16 heavy (non-hydrogen) atoms. The van der Waals surface area contributed by atoms with E-state index in [0.29, 0.717) is 12.8 Å². The summed E-state index contributed by atoms with van der Waals surface area (Å²) in [4.78, 5) is 22.0. The quantitative estimate of drug-likeness (QED) is 0.734. The maximum absolute atomic E-state index is 11.1. The average Bonchev–Trinajstić information content (AvgIpc) is 2.24. The van der Waals surface area contributed by atoms with Crippen LogP contribution in [-0.2, 0) is 9.59 Å². The van der Waals surface area contributed by atoms with Crippen LogP contribution in [0.15, 0.2) is 0 Å². The molecule has 0 aromatic heterocycles. The number of rotatable bonds is 2. The number of aliphatic carboxylic acids is 2. The molecule has 0 aromatic carbocycles. The molecule has 2 N–H and O–H groups in total. The maximum Gasteiger partial charge on any atom is 0.309 e. The van der Waals surface area contributed by atoms with E-state index >= 15 is 0 Å². The van der Waals surface area contributed by atoms with E-state index in [9.17, 15) is 9.59 Å². The van der Waals surface area contributed by atoms with Gasteiger partial charge in [0.2, 0.25) is 0 Å². The molecule has 4 nitrogen and oxygen atoms in total. The van der Waals surface area contributed by atoms with Gasteiger partial charge >= 0.3 is 11.9 Å². The first-order chi connectivity index (χ1) is 6.23. The molecule has 1 saturated carbocycles. The summed E-state index contributed by atoms with van der Waals surface area (Å²) in [6.07, 6.45) is 0.886. The van der Waals surface area contributed by atoms with Crippen molar-refractivity contribution >= 4 is 115 Å². The molecular weight excluding hydrogens is 262 g/mol. The molecule has 0 unspecified atom stereocenters. The zero-order valence-corrected chi connectivity index (χ0v) is 16.9. The van der Waals surface area contributed by atoms with Crippen molar-refractivity contribution in [3.63, 3.8) is 0 Å². The predicted octanol–water partition coefficient (Wildman–Crippen LogP) is 0.837. The van der Waals surface area contributed by atoms with Crippen molar-refractivity contribution in [3.8, 4) is 0 Å². The van der Waals surface area contributed by atoms with Crippen LogP contribution in [-0.4, -0.2) is 125 Å². The van der Waals surface area contributed by atoms with E-state index in [0.717, 1.165) is 0 Å². The van der Waals surface area contributed by atoms with Crippen molar-refractivity contribution in [2.45, 2.75) is 33.6 Å². The van der Waals surface area contributed by atoms with Gasteiger partial charge in [-0.3, -0.25) is 9.59 Å². The van der Waals surface area contributed by atoms with E-state index in [2.05, 4.69) is 0 Å². The molecule has 2 radical (unpaired) electrons. The second kappa shape index (κ2) is 7.12. The fraction of sp³-hybridized carbons (Fsp3) is 0.800. The molecule has 1 fully saturated rings. The van der Waals surface area contributed by atoms with Gasteiger partial charge in [-0.2, -0.15) is 0 Å². The summed E-state index contributed by atoms with van der Waals surface area (Å²) in [5.41, 5.74) is -1.61. The minimum Gasteiger partial charge on any atom is -0.481 e. The van der Waals surface area contributed by atoms with Gasteiger partial charge in [0.25, 0.3) is 0 Å². The van der Waals surface area contributed by atoms with Gasteiger partial charge in [-0.15, -0.1) is 0 Å². The van der Waals surface area contributed by atoms with Gasteiger partial charge in [-0.1, -0.05) is 13.8 Å². The van der Waals surface area contributed by atoms with E-state index in [1.165, 1.54) is 0 Å². The van der Waals surface area contributed by atoms with Gasteiger partial charge in [-0.25, -0.2) is 0 Å². The van der Waals surface area contributed by atoms with E-state index in [-0.39, 0.29) is 103 Å². The van der Waals surface area contributed by atoms with Crippen LogP contribution in [0.4, 0.5) is 0 Å². The van der Waals surface area contributed by atoms with Crippen molar-refractivity contribution in [1.29, 1.82) is 0 Å². The van der Waals surface area contributed by atoms with E-state index in [4.69, 9.17) is 10.2 Å². The zero-order chi connectivity index (χ0) is 11.1. The molecule has 0 aliphatic heterocycles. The van der Waals surface area contributed by atoms with E-state index in [1.807, 2.05) is 0 Å². The van der Waals surface area contributed by atoms with Crippen LogP contribution in [0, 0.1) is 16.7 Å². The predicted molar refractivity (Wildman–Crippen MR) is 61.4 cm³/mol. The Labute approximate surface area is 181 Å². The summed E-state index contributed by atoms with van der Waals surface area (Å²) in [5, 5.41) is 18.1. The Morgan fingerprint density at radius 3 is 1.75 bits per heavy atom. The molecule has 0 aromatic rings. The third-order valence-electron chi connectivity index (χ3n) is 4.00. The van der Waals surface area contributed by atoms with E-state index in [1.54, 1.807) is 20.8 Å². The Hall–Kier alpha value is 2.21. The van der Waals surface area contributed by atoms with Crippen molar-refractivity contribution in [2.75, 3.05) is 0 Å². The van der Waals surface area contributed by atoms with Crippen LogP contribution in [0.25, 0.3) is 0 Å². The minimum absolute atomic E-state index is 0. The monoisotopic (exact) mass is 278 g/mol. The normalized spacial score (nSPS) is 31.1. The largest absolute Gasteiger partial charge is 0.481 e. The first-order valence-electron chi connectivity index (χ1n) is 4.69. The third-order valence-corrected chi connectivity index (χ3v) is 4.00. The molecule has 1 aliphatic carbocycles. The standard InChI is InChI=1S/C10H16O4.2K/c1-9(2)6(7(11)12)4-5-10(9,3)8(13)14;;/h6H,4-5H2,1-3H3,(H,11,12)(H,13,14);;/t6-,10+;;/m0../s1. The van der Waals surface area contributed by atoms with Crippen LogP contribution in [0.5, 0.6) is 0 Å². The van der Waals surface area contributed by atoms with Crippen LogP contribution in [0.2, 0.25) is 0 Å². The summed E-state index contributed by atoms with van der Waals surface area (Å²) in [6, 6.07) is 0. The molecule has 0 spiro atoms. The Balaban J connectivity index is 0. The van der Waals surface area contributed by atoms with Crippen molar-refractivity contribution in [1.82, 2.24) is 0 Å². The van der Waals surface area contributed by atoms with Crippen LogP contribution < -0.4 is 0 Å². The fourth-order valence-corrected chi connectivity index (χ4v) is 2.32. The van der Waals surface area contributed by atoms with Crippen molar-refractivity contribution < 1.29 is 19.8 Å².